The predicted molar refractivity (Wildman–Crippen MR) is 109 cm³/mol. The van der Waals surface area contributed by atoms with Crippen molar-refractivity contribution in [2.24, 2.45) is 0 Å². The van der Waals surface area contributed by atoms with E-state index in [1.807, 2.05) is 0 Å². The Morgan fingerprint density at radius 1 is 0.769 bits per heavy atom. The molecule has 1 fully saturated rings. The first-order valence-corrected chi connectivity index (χ1v) is 9.82. The molecule has 0 radical (unpaired) electrons. The zero-order chi connectivity index (χ0) is 17.3. The third-order valence-corrected chi connectivity index (χ3v) is 6.07. The Morgan fingerprint density at radius 2 is 1.58 bits per heavy atom. The molecular formula is C25H25N. The van der Waals surface area contributed by atoms with Crippen molar-refractivity contribution in [1.82, 2.24) is 4.90 Å². The fourth-order valence-electron chi connectivity index (χ4n) is 4.79. The van der Waals surface area contributed by atoms with Gasteiger partial charge in [0, 0.05) is 18.6 Å². The normalized spacial score (nSPS) is 22.5. The van der Waals surface area contributed by atoms with Crippen LogP contribution in [0.25, 0.3) is 10.8 Å². The quantitative estimate of drug-likeness (QED) is 0.547. The predicted octanol–water partition coefficient (Wildman–Crippen LogP) is 5.75. The van der Waals surface area contributed by atoms with Gasteiger partial charge in [0.15, 0.2) is 0 Å². The molecule has 0 amide bonds. The number of benzene rings is 3. The van der Waals surface area contributed by atoms with E-state index < -0.39 is 0 Å². The molecule has 26 heavy (non-hydrogen) atoms. The maximum absolute atomic E-state index is 2.72. The second kappa shape index (κ2) is 6.74. The summed E-state index contributed by atoms with van der Waals surface area (Å²) in [5.74, 6) is 0. The molecule has 0 aliphatic carbocycles. The molecule has 2 heterocycles. The highest BCUT2D eigenvalue weighted by Gasteiger charge is 2.36. The fourth-order valence-corrected chi connectivity index (χ4v) is 4.79. The summed E-state index contributed by atoms with van der Waals surface area (Å²) in [6, 6.07) is 27.9. The van der Waals surface area contributed by atoms with E-state index in [4.69, 9.17) is 0 Å². The third-order valence-electron chi connectivity index (χ3n) is 6.07. The van der Waals surface area contributed by atoms with Crippen LogP contribution in [0.4, 0.5) is 0 Å². The minimum atomic E-state index is 0.629. The molecule has 3 aromatic carbocycles. The lowest BCUT2D eigenvalue weighted by Gasteiger charge is -2.34. The highest BCUT2D eigenvalue weighted by Crippen LogP contribution is 2.37. The summed E-state index contributed by atoms with van der Waals surface area (Å²) in [6.45, 7) is 1.09. The van der Waals surface area contributed by atoms with Gasteiger partial charge < -0.3 is 0 Å². The highest BCUT2D eigenvalue weighted by molar-refractivity contribution is 5.83. The third kappa shape index (κ3) is 3.08. The van der Waals surface area contributed by atoms with Crippen molar-refractivity contribution in [2.75, 3.05) is 0 Å². The lowest BCUT2D eigenvalue weighted by molar-refractivity contribution is 0.195. The summed E-state index contributed by atoms with van der Waals surface area (Å²) in [6.07, 6.45) is 7.57. The van der Waals surface area contributed by atoms with Crippen LogP contribution in [0.5, 0.6) is 0 Å². The van der Waals surface area contributed by atoms with Crippen molar-refractivity contribution in [2.45, 2.75) is 44.3 Å². The van der Waals surface area contributed by atoms with E-state index >= 15 is 0 Å². The Morgan fingerprint density at radius 3 is 2.42 bits per heavy atom. The van der Waals surface area contributed by atoms with Crippen LogP contribution in [0, 0.1) is 0 Å². The fraction of sp³-hybridized carbons (Fsp3) is 0.280. The Balaban J connectivity index is 1.34. The summed E-state index contributed by atoms with van der Waals surface area (Å²) < 4.78 is 0. The summed E-state index contributed by atoms with van der Waals surface area (Å²) in [7, 11) is 0. The van der Waals surface area contributed by atoms with Crippen molar-refractivity contribution in [3.63, 3.8) is 0 Å². The van der Waals surface area contributed by atoms with Gasteiger partial charge in [-0.1, -0.05) is 84.4 Å². The van der Waals surface area contributed by atoms with Crippen LogP contribution in [-0.4, -0.2) is 17.0 Å². The second-order valence-corrected chi connectivity index (χ2v) is 7.84. The SMILES string of the molecule is C1=C(Cc2ccc3ccccc3c2)CC2CCC1N2Cc1ccccc1. The van der Waals surface area contributed by atoms with Crippen molar-refractivity contribution in [3.05, 3.63) is 95.6 Å². The molecule has 1 nitrogen and oxygen atoms in total. The number of nitrogens with zero attached hydrogens (tertiary/aromatic N) is 1. The zero-order valence-electron chi connectivity index (χ0n) is 15.1. The van der Waals surface area contributed by atoms with Gasteiger partial charge in [-0.25, -0.2) is 0 Å². The highest BCUT2D eigenvalue weighted by atomic mass is 15.2. The van der Waals surface area contributed by atoms with E-state index in [1.165, 1.54) is 41.2 Å². The van der Waals surface area contributed by atoms with E-state index in [2.05, 4.69) is 83.8 Å². The molecule has 1 heteroatoms. The summed E-state index contributed by atoms with van der Waals surface area (Å²) in [4.78, 5) is 2.72. The van der Waals surface area contributed by atoms with E-state index in [0.29, 0.717) is 6.04 Å². The van der Waals surface area contributed by atoms with Crippen molar-refractivity contribution in [1.29, 1.82) is 0 Å². The van der Waals surface area contributed by atoms with Gasteiger partial charge in [-0.15, -0.1) is 0 Å². The van der Waals surface area contributed by atoms with Crippen molar-refractivity contribution >= 4 is 10.8 Å². The zero-order valence-corrected chi connectivity index (χ0v) is 15.1. The van der Waals surface area contributed by atoms with Crippen molar-refractivity contribution in [3.8, 4) is 0 Å². The molecule has 2 atom stereocenters. The maximum Gasteiger partial charge on any atom is 0.0288 e. The number of hydrogen-bond acceptors (Lipinski definition) is 1. The molecule has 2 aliphatic heterocycles. The second-order valence-electron chi connectivity index (χ2n) is 7.84. The molecule has 0 saturated carbocycles. The number of rotatable bonds is 4. The summed E-state index contributed by atoms with van der Waals surface area (Å²) >= 11 is 0. The molecule has 0 aromatic heterocycles. The molecule has 0 N–H and O–H groups in total. The van der Waals surface area contributed by atoms with Gasteiger partial charge in [0.2, 0.25) is 0 Å². The van der Waals surface area contributed by atoms with Crippen molar-refractivity contribution < 1.29 is 0 Å². The van der Waals surface area contributed by atoms with Crippen LogP contribution in [-0.2, 0) is 13.0 Å². The Hall–Kier alpha value is -2.38. The summed E-state index contributed by atoms with van der Waals surface area (Å²) in [5.41, 5.74) is 4.53. The van der Waals surface area contributed by atoms with Gasteiger partial charge in [-0.2, -0.15) is 0 Å². The Bertz CT molecular complexity index is 941. The van der Waals surface area contributed by atoms with Crippen LogP contribution >= 0.6 is 0 Å². The van der Waals surface area contributed by atoms with E-state index in [0.717, 1.165) is 19.0 Å². The minimum absolute atomic E-state index is 0.629. The number of fused-ring (bicyclic) bond motifs is 3. The molecule has 0 spiro atoms. The summed E-state index contributed by atoms with van der Waals surface area (Å²) in [5, 5.41) is 2.69. The largest absolute Gasteiger partial charge is 0.289 e. The molecule has 2 aliphatic rings. The Labute approximate surface area is 156 Å². The van der Waals surface area contributed by atoms with Crippen LogP contribution in [0.1, 0.15) is 30.4 Å². The van der Waals surface area contributed by atoms with Gasteiger partial charge in [0.25, 0.3) is 0 Å². The molecule has 130 valence electrons. The van der Waals surface area contributed by atoms with Gasteiger partial charge in [-0.05, 0) is 47.6 Å². The molecule has 3 aromatic rings. The van der Waals surface area contributed by atoms with Crippen LogP contribution in [0.3, 0.4) is 0 Å². The average molecular weight is 339 g/mol. The van der Waals surface area contributed by atoms with Gasteiger partial charge >= 0.3 is 0 Å². The minimum Gasteiger partial charge on any atom is -0.289 e. The molecule has 2 unspecified atom stereocenters. The first-order chi connectivity index (χ1) is 12.8. The number of hydrogen-bond donors (Lipinski definition) is 0. The smallest absolute Gasteiger partial charge is 0.0288 e. The molecule has 5 rings (SSSR count). The Kier molecular flexibility index (Phi) is 4.10. The molecular weight excluding hydrogens is 314 g/mol. The molecule has 1 saturated heterocycles. The topological polar surface area (TPSA) is 3.24 Å². The van der Waals surface area contributed by atoms with Crippen LogP contribution < -0.4 is 0 Å². The van der Waals surface area contributed by atoms with Gasteiger partial charge in [0.1, 0.15) is 0 Å². The van der Waals surface area contributed by atoms with Crippen LogP contribution in [0.15, 0.2) is 84.4 Å². The lowest BCUT2D eigenvalue weighted by atomic mass is 9.93. The van der Waals surface area contributed by atoms with E-state index in [9.17, 15) is 0 Å². The average Bonchev–Trinajstić information content (AvgIpc) is 2.91. The van der Waals surface area contributed by atoms with E-state index in [1.54, 1.807) is 5.57 Å². The first kappa shape index (κ1) is 15.8. The van der Waals surface area contributed by atoms with E-state index in [-0.39, 0.29) is 0 Å². The standard InChI is InChI=1S/C25H25N/c1-2-6-19(7-3-1)18-26-24-12-13-25(26)17-21(16-24)14-20-10-11-22-8-4-5-9-23(22)15-20/h1-11,15-16,24-25H,12-14,17-18H2. The monoisotopic (exact) mass is 339 g/mol. The molecule has 2 bridgehead atoms. The van der Waals surface area contributed by atoms with Gasteiger partial charge in [-0.3, -0.25) is 4.90 Å². The van der Waals surface area contributed by atoms with Crippen LogP contribution in [0.2, 0.25) is 0 Å². The first-order valence-electron chi connectivity index (χ1n) is 9.82. The lowest BCUT2D eigenvalue weighted by Crippen LogP contribution is -2.38. The van der Waals surface area contributed by atoms with Gasteiger partial charge in [0.05, 0.1) is 0 Å². The maximum atomic E-state index is 2.72.